The third kappa shape index (κ3) is 3.48. The molecule has 1 aromatic rings. The van der Waals surface area contributed by atoms with E-state index in [0.29, 0.717) is 15.6 Å². The summed E-state index contributed by atoms with van der Waals surface area (Å²) in [5, 5.41) is 0.766. The highest BCUT2D eigenvalue weighted by atomic mass is 35.5. The second kappa shape index (κ2) is 6.42. The molecule has 0 amide bonds. The molecule has 0 aliphatic rings. The topological polar surface area (TPSA) is 52.6 Å². The van der Waals surface area contributed by atoms with E-state index in [9.17, 15) is 9.59 Å². The van der Waals surface area contributed by atoms with Gasteiger partial charge < -0.3 is 9.47 Å². The van der Waals surface area contributed by atoms with Gasteiger partial charge in [0.1, 0.15) is 5.57 Å². The first kappa shape index (κ1) is 14.5. The number of carbonyl (C=O) groups is 2. The van der Waals surface area contributed by atoms with Crippen LogP contribution < -0.4 is 0 Å². The molecule has 0 aromatic heterocycles. The van der Waals surface area contributed by atoms with E-state index in [1.165, 1.54) is 26.4 Å². The summed E-state index contributed by atoms with van der Waals surface area (Å²) in [5.41, 5.74) is 0.219. The number of ether oxygens (including phenoxy) is 2. The molecule has 0 aliphatic heterocycles. The Morgan fingerprint density at radius 3 is 2.11 bits per heavy atom. The Kier molecular flexibility index (Phi) is 5.19. The van der Waals surface area contributed by atoms with E-state index in [0.717, 1.165) is 0 Å². The zero-order valence-electron chi connectivity index (χ0n) is 9.70. The Bertz CT molecular complexity index is 491. The van der Waals surface area contributed by atoms with Crippen LogP contribution in [0, 0.1) is 0 Å². The van der Waals surface area contributed by atoms with Gasteiger partial charge in [-0.2, -0.15) is 0 Å². The van der Waals surface area contributed by atoms with Crippen molar-refractivity contribution < 1.29 is 19.1 Å². The molecule has 0 heterocycles. The molecule has 0 fully saturated rings. The summed E-state index contributed by atoms with van der Waals surface area (Å²) in [6, 6.07) is 4.67. The first-order chi connectivity index (χ1) is 8.49. The van der Waals surface area contributed by atoms with Crippen molar-refractivity contribution in [3.05, 3.63) is 39.4 Å². The SMILES string of the molecule is COC(=O)C(=Cc1ccc(Cl)cc1Cl)C(=O)OC. The molecule has 0 aliphatic carbocycles. The van der Waals surface area contributed by atoms with E-state index in [4.69, 9.17) is 23.2 Å². The molecule has 6 heteroatoms. The number of hydrogen-bond acceptors (Lipinski definition) is 4. The van der Waals surface area contributed by atoms with Gasteiger partial charge in [0, 0.05) is 10.0 Å². The number of carbonyl (C=O) groups excluding carboxylic acids is 2. The molecule has 0 saturated heterocycles. The van der Waals surface area contributed by atoms with Crippen LogP contribution in [0.4, 0.5) is 0 Å². The number of rotatable bonds is 3. The minimum absolute atomic E-state index is 0.246. The molecule has 0 atom stereocenters. The van der Waals surface area contributed by atoms with Crippen molar-refractivity contribution in [2.75, 3.05) is 14.2 Å². The van der Waals surface area contributed by atoms with Crippen LogP contribution in [0.1, 0.15) is 5.56 Å². The van der Waals surface area contributed by atoms with Crippen LogP contribution in [0.15, 0.2) is 23.8 Å². The van der Waals surface area contributed by atoms with Gasteiger partial charge in [-0.25, -0.2) is 9.59 Å². The van der Waals surface area contributed by atoms with Crippen molar-refractivity contribution >= 4 is 41.2 Å². The second-order valence-electron chi connectivity index (χ2n) is 3.21. The predicted molar refractivity (Wildman–Crippen MR) is 68.5 cm³/mol. The zero-order chi connectivity index (χ0) is 13.7. The number of halogens is 2. The van der Waals surface area contributed by atoms with Crippen molar-refractivity contribution in [1.82, 2.24) is 0 Å². The molecule has 0 spiro atoms. The first-order valence-corrected chi connectivity index (χ1v) is 5.58. The maximum atomic E-state index is 11.4. The van der Waals surface area contributed by atoms with Crippen molar-refractivity contribution in [3.8, 4) is 0 Å². The van der Waals surface area contributed by atoms with Gasteiger partial charge in [0.2, 0.25) is 0 Å². The van der Waals surface area contributed by atoms with E-state index in [2.05, 4.69) is 9.47 Å². The second-order valence-corrected chi connectivity index (χ2v) is 4.05. The largest absolute Gasteiger partial charge is 0.465 e. The molecule has 18 heavy (non-hydrogen) atoms. The fourth-order valence-corrected chi connectivity index (χ4v) is 1.66. The Hall–Kier alpha value is -1.52. The lowest BCUT2D eigenvalue weighted by Crippen LogP contribution is -2.15. The first-order valence-electron chi connectivity index (χ1n) is 4.83. The maximum absolute atomic E-state index is 11.4. The maximum Gasteiger partial charge on any atom is 0.345 e. The third-order valence-electron chi connectivity index (χ3n) is 2.07. The van der Waals surface area contributed by atoms with Crippen molar-refractivity contribution in [3.63, 3.8) is 0 Å². The average Bonchev–Trinajstić information content (AvgIpc) is 2.36. The molecular weight excluding hydrogens is 279 g/mol. The normalized spacial score (nSPS) is 9.56. The highest BCUT2D eigenvalue weighted by Gasteiger charge is 2.20. The number of hydrogen-bond donors (Lipinski definition) is 0. The summed E-state index contributed by atoms with van der Waals surface area (Å²) in [4.78, 5) is 22.9. The summed E-state index contributed by atoms with van der Waals surface area (Å²) in [6.07, 6.45) is 1.29. The number of esters is 2. The van der Waals surface area contributed by atoms with Gasteiger partial charge in [-0.15, -0.1) is 0 Å². The highest BCUT2D eigenvalue weighted by molar-refractivity contribution is 6.35. The van der Waals surface area contributed by atoms with Gasteiger partial charge in [-0.1, -0.05) is 29.3 Å². The van der Waals surface area contributed by atoms with Crippen LogP contribution in [0.3, 0.4) is 0 Å². The van der Waals surface area contributed by atoms with Crippen molar-refractivity contribution in [2.24, 2.45) is 0 Å². The lowest BCUT2D eigenvalue weighted by molar-refractivity contribution is -0.143. The highest BCUT2D eigenvalue weighted by Crippen LogP contribution is 2.23. The molecule has 4 nitrogen and oxygen atoms in total. The summed E-state index contributed by atoms with van der Waals surface area (Å²) in [5.74, 6) is -1.60. The van der Waals surface area contributed by atoms with E-state index in [1.54, 1.807) is 12.1 Å². The van der Waals surface area contributed by atoms with Gasteiger partial charge in [0.25, 0.3) is 0 Å². The Labute approximate surface area is 114 Å². The fraction of sp³-hybridized carbons (Fsp3) is 0.167. The van der Waals surface area contributed by atoms with Crippen LogP contribution in [0.25, 0.3) is 6.08 Å². The molecule has 0 bridgehead atoms. The van der Waals surface area contributed by atoms with Gasteiger partial charge >= 0.3 is 11.9 Å². The number of benzene rings is 1. The van der Waals surface area contributed by atoms with E-state index in [1.807, 2.05) is 0 Å². The third-order valence-corrected chi connectivity index (χ3v) is 2.64. The van der Waals surface area contributed by atoms with Crippen molar-refractivity contribution in [1.29, 1.82) is 0 Å². The molecule has 0 radical (unpaired) electrons. The Balaban J connectivity index is 3.23. The van der Waals surface area contributed by atoms with Crippen LogP contribution >= 0.6 is 23.2 Å². The molecule has 1 rings (SSSR count). The zero-order valence-corrected chi connectivity index (χ0v) is 11.2. The Morgan fingerprint density at radius 2 is 1.67 bits per heavy atom. The monoisotopic (exact) mass is 288 g/mol. The molecule has 0 N–H and O–H groups in total. The van der Waals surface area contributed by atoms with E-state index in [-0.39, 0.29) is 5.57 Å². The minimum atomic E-state index is -0.798. The minimum Gasteiger partial charge on any atom is -0.465 e. The van der Waals surface area contributed by atoms with Crippen molar-refractivity contribution in [2.45, 2.75) is 0 Å². The van der Waals surface area contributed by atoms with Crippen LogP contribution in [0.5, 0.6) is 0 Å². The molecule has 0 saturated carbocycles. The van der Waals surface area contributed by atoms with Crippen LogP contribution in [-0.4, -0.2) is 26.2 Å². The van der Waals surface area contributed by atoms with Crippen LogP contribution in [-0.2, 0) is 19.1 Å². The smallest absolute Gasteiger partial charge is 0.345 e. The number of methoxy groups -OCH3 is 2. The van der Waals surface area contributed by atoms with Gasteiger partial charge in [-0.05, 0) is 23.8 Å². The van der Waals surface area contributed by atoms with E-state index < -0.39 is 11.9 Å². The summed E-state index contributed by atoms with van der Waals surface area (Å²) in [6.45, 7) is 0. The molecule has 96 valence electrons. The van der Waals surface area contributed by atoms with Crippen LogP contribution in [0.2, 0.25) is 10.0 Å². The molecule has 1 aromatic carbocycles. The Morgan fingerprint density at radius 1 is 1.11 bits per heavy atom. The quantitative estimate of drug-likeness (QED) is 0.371. The lowest BCUT2D eigenvalue weighted by atomic mass is 10.1. The van der Waals surface area contributed by atoms with Gasteiger partial charge in [-0.3, -0.25) is 0 Å². The predicted octanol–water partition coefficient (Wildman–Crippen LogP) is 2.72. The van der Waals surface area contributed by atoms with E-state index >= 15 is 0 Å². The molecular formula is C12H10Cl2O4. The van der Waals surface area contributed by atoms with Gasteiger partial charge in [0.15, 0.2) is 0 Å². The molecule has 0 unspecified atom stereocenters. The average molecular weight is 289 g/mol. The lowest BCUT2D eigenvalue weighted by Gasteiger charge is -2.04. The summed E-state index contributed by atoms with van der Waals surface area (Å²) in [7, 11) is 2.34. The summed E-state index contributed by atoms with van der Waals surface area (Å²) >= 11 is 11.7. The van der Waals surface area contributed by atoms with Gasteiger partial charge in [0.05, 0.1) is 14.2 Å². The standard InChI is InChI=1S/C12H10Cl2O4/c1-17-11(15)9(12(16)18-2)5-7-3-4-8(13)6-10(7)14/h3-6H,1-2H3. The summed E-state index contributed by atoms with van der Waals surface area (Å²) < 4.78 is 8.99. The fourth-order valence-electron chi connectivity index (χ4n) is 1.20.